The summed E-state index contributed by atoms with van der Waals surface area (Å²) < 4.78 is 95.3. The fourth-order valence-electron chi connectivity index (χ4n) is 3.81. The molecule has 1 N–H and O–H groups in total. The van der Waals surface area contributed by atoms with Crippen LogP contribution in [0.1, 0.15) is 23.1 Å². The number of thiol groups is 1. The van der Waals surface area contributed by atoms with E-state index in [0.29, 0.717) is 11.8 Å². The van der Waals surface area contributed by atoms with E-state index in [0.717, 1.165) is 28.6 Å². The molecular weight excluding hydrogens is 612 g/mol. The number of esters is 1. The van der Waals surface area contributed by atoms with Gasteiger partial charge in [0.05, 0.1) is 37.9 Å². The Balaban J connectivity index is 1.90. The van der Waals surface area contributed by atoms with Crippen LogP contribution in [-0.2, 0) is 31.4 Å². The molecule has 0 saturated carbocycles. The molecule has 0 unspecified atom stereocenters. The van der Waals surface area contributed by atoms with Crippen molar-refractivity contribution in [3.8, 4) is 0 Å². The number of morpholine rings is 1. The number of alkyl halides is 6. The number of benzene rings is 2. The summed E-state index contributed by atoms with van der Waals surface area (Å²) in [6, 6.07) is 6.44. The van der Waals surface area contributed by atoms with Gasteiger partial charge in [-0.1, -0.05) is 36.7 Å². The summed E-state index contributed by atoms with van der Waals surface area (Å²) in [7, 11) is 1.17. The van der Waals surface area contributed by atoms with E-state index in [1.165, 1.54) is 36.3 Å². The minimum absolute atomic E-state index is 0.0949. The number of hydrogen-bond acceptors (Lipinski definition) is 7. The Morgan fingerprint density at radius 2 is 1.74 bits per heavy atom. The standard InChI is InChI=1S/C26H25F6N3O5S2/c1-39-21(37)9-10-35(41)24(38)33-17-3-2-4-18(15-17)42-19-7-5-16(6-8-20(36)34-11-13-40-14-12-34)22(25(27,28)29)23(19)26(30,31)32/h2-8,15,41H,9-14H2,1H3,(H,33,38). The molecule has 42 heavy (non-hydrogen) atoms. The van der Waals surface area contributed by atoms with E-state index in [2.05, 4.69) is 22.9 Å². The number of methoxy groups -OCH3 is 1. The maximum atomic E-state index is 14.2. The van der Waals surface area contributed by atoms with Crippen LogP contribution in [0.15, 0.2) is 52.3 Å². The predicted molar refractivity (Wildman–Crippen MR) is 145 cm³/mol. The van der Waals surface area contributed by atoms with Crippen LogP contribution in [0.25, 0.3) is 6.08 Å². The zero-order valence-electron chi connectivity index (χ0n) is 21.9. The van der Waals surface area contributed by atoms with E-state index in [1.54, 1.807) is 0 Å². The summed E-state index contributed by atoms with van der Waals surface area (Å²) >= 11 is 4.38. The van der Waals surface area contributed by atoms with Gasteiger partial charge in [-0.15, -0.1) is 0 Å². The van der Waals surface area contributed by atoms with Crippen LogP contribution in [0.2, 0.25) is 0 Å². The Hall–Kier alpha value is -3.37. The number of urea groups is 1. The van der Waals surface area contributed by atoms with Crippen molar-refractivity contribution in [1.29, 1.82) is 0 Å². The fraction of sp³-hybridized carbons (Fsp3) is 0.346. The smallest absolute Gasteiger partial charge is 0.418 e. The van der Waals surface area contributed by atoms with Crippen molar-refractivity contribution in [2.24, 2.45) is 0 Å². The highest BCUT2D eigenvalue weighted by Gasteiger charge is 2.46. The van der Waals surface area contributed by atoms with Crippen molar-refractivity contribution < 1.29 is 50.2 Å². The van der Waals surface area contributed by atoms with E-state index in [4.69, 9.17) is 4.74 Å². The van der Waals surface area contributed by atoms with Gasteiger partial charge in [-0.05, 0) is 35.9 Å². The summed E-state index contributed by atoms with van der Waals surface area (Å²) in [5.74, 6) is -1.23. The molecule has 1 aliphatic rings. The molecule has 3 rings (SSSR count). The van der Waals surface area contributed by atoms with E-state index in [9.17, 15) is 40.7 Å². The second kappa shape index (κ2) is 14.2. The predicted octanol–water partition coefficient (Wildman–Crippen LogP) is 5.99. The second-order valence-electron chi connectivity index (χ2n) is 8.68. The van der Waals surface area contributed by atoms with Gasteiger partial charge in [-0.25, -0.2) is 4.79 Å². The van der Waals surface area contributed by atoms with Crippen LogP contribution >= 0.6 is 24.6 Å². The van der Waals surface area contributed by atoms with Crippen molar-refractivity contribution in [2.45, 2.75) is 28.6 Å². The van der Waals surface area contributed by atoms with Gasteiger partial charge in [-0.2, -0.15) is 26.3 Å². The van der Waals surface area contributed by atoms with Crippen LogP contribution < -0.4 is 5.32 Å². The van der Waals surface area contributed by atoms with Gasteiger partial charge in [-0.3, -0.25) is 13.9 Å². The third-order valence-corrected chi connectivity index (χ3v) is 7.23. The Labute approximate surface area is 246 Å². The maximum Gasteiger partial charge on any atom is 0.418 e. The van der Waals surface area contributed by atoms with Crippen molar-refractivity contribution in [1.82, 2.24) is 9.21 Å². The van der Waals surface area contributed by atoms with E-state index < -0.39 is 51.8 Å². The average Bonchev–Trinajstić information content (AvgIpc) is 2.94. The molecule has 3 amide bonds. The summed E-state index contributed by atoms with van der Waals surface area (Å²) in [5, 5.41) is 2.44. The molecule has 0 radical (unpaired) electrons. The van der Waals surface area contributed by atoms with Gasteiger partial charge in [0.25, 0.3) is 0 Å². The summed E-state index contributed by atoms with van der Waals surface area (Å²) in [6.07, 6.45) is -9.41. The topological polar surface area (TPSA) is 88.2 Å². The normalized spacial score (nSPS) is 14.1. The first kappa shape index (κ1) is 33.1. The summed E-state index contributed by atoms with van der Waals surface area (Å²) in [5.41, 5.74) is -4.53. The zero-order chi connectivity index (χ0) is 31.1. The number of nitrogens with one attached hydrogen (secondary N) is 1. The molecule has 0 bridgehead atoms. The van der Waals surface area contributed by atoms with Gasteiger partial charge in [0.15, 0.2) is 0 Å². The molecule has 228 valence electrons. The highest BCUT2D eigenvalue weighted by Crippen LogP contribution is 2.48. The number of nitrogens with zero attached hydrogens (tertiary/aromatic N) is 2. The van der Waals surface area contributed by atoms with E-state index in [-0.39, 0.29) is 49.9 Å². The number of rotatable bonds is 8. The van der Waals surface area contributed by atoms with Crippen LogP contribution in [-0.4, -0.2) is 67.1 Å². The minimum Gasteiger partial charge on any atom is -0.469 e. The van der Waals surface area contributed by atoms with Crippen molar-refractivity contribution in [3.63, 3.8) is 0 Å². The van der Waals surface area contributed by atoms with E-state index in [1.807, 2.05) is 0 Å². The minimum atomic E-state index is -5.40. The second-order valence-corrected chi connectivity index (χ2v) is 10.3. The Kier molecular flexibility index (Phi) is 11.2. The lowest BCUT2D eigenvalue weighted by Crippen LogP contribution is -2.39. The number of anilines is 1. The average molecular weight is 638 g/mol. The highest BCUT2D eigenvalue weighted by molar-refractivity contribution is 7.99. The van der Waals surface area contributed by atoms with Gasteiger partial charge in [0, 0.05) is 41.2 Å². The number of amides is 3. The van der Waals surface area contributed by atoms with Crippen molar-refractivity contribution in [3.05, 3.63) is 59.2 Å². The highest BCUT2D eigenvalue weighted by atomic mass is 32.2. The monoisotopic (exact) mass is 637 g/mol. The summed E-state index contributed by atoms with van der Waals surface area (Å²) in [6.45, 7) is 0.787. The molecule has 1 fully saturated rings. The number of ether oxygens (including phenoxy) is 2. The fourth-order valence-corrected chi connectivity index (χ4v) is 5.01. The largest absolute Gasteiger partial charge is 0.469 e. The number of hydrogen-bond donors (Lipinski definition) is 2. The zero-order valence-corrected chi connectivity index (χ0v) is 23.6. The first-order chi connectivity index (χ1) is 19.7. The Bertz CT molecular complexity index is 1330. The molecule has 1 aliphatic heterocycles. The molecule has 16 heteroatoms. The molecule has 2 aromatic rings. The molecule has 1 heterocycles. The van der Waals surface area contributed by atoms with Crippen LogP contribution in [0.5, 0.6) is 0 Å². The van der Waals surface area contributed by atoms with Crippen LogP contribution in [0.3, 0.4) is 0 Å². The molecular formula is C26H25F6N3O5S2. The van der Waals surface area contributed by atoms with Gasteiger partial charge >= 0.3 is 24.4 Å². The van der Waals surface area contributed by atoms with E-state index >= 15 is 0 Å². The number of carbonyl (C=O) groups excluding carboxylic acids is 3. The molecule has 8 nitrogen and oxygen atoms in total. The van der Waals surface area contributed by atoms with Gasteiger partial charge < -0.3 is 19.7 Å². The lowest BCUT2D eigenvalue weighted by atomic mass is 9.99. The Morgan fingerprint density at radius 3 is 2.36 bits per heavy atom. The number of halogens is 6. The third kappa shape index (κ3) is 9.06. The molecule has 0 spiro atoms. The van der Waals surface area contributed by atoms with Crippen molar-refractivity contribution >= 4 is 54.2 Å². The van der Waals surface area contributed by atoms with Crippen molar-refractivity contribution in [2.75, 3.05) is 45.3 Å². The molecule has 0 aromatic heterocycles. The molecule has 0 atom stereocenters. The molecule has 2 aromatic carbocycles. The maximum absolute atomic E-state index is 14.2. The van der Waals surface area contributed by atoms with Gasteiger partial charge in [0.1, 0.15) is 0 Å². The molecule has 1 saturated heterocycles. The Morgan fingerprint density at radius 1 is 1.07 bits per heavy atom. The quantitative estimate of drug-likeness (QED) is 0.160. The first-order valence-electron chi connectivity index (χ1n) is 12.2. The number of carbonyl (C=O) groups is 3. The van der Waals surface area contributed by atoms with Gasteiger partial charge in [0.2, 0.25) is 5.91 Å². The summed E-state index contributed by atoms with van der Waals surface area (Å²) in [4.78, 5) is 36.6. The lowest BCUT2D eigenvalue weighted by Gasteiger charge is -2.25. The first-order valence-corrected chi connectivity index (χ1v) is 13.4. The SMILES string of the molecule is COC(=O)CCN(S)C(=O)Nc1cccc(Sc2ccc(C=CC(=O)N3CCOCC3)c(C(F)(F)F)c2C(F)(F)F)c1. The van der Waals surface area contributed by atoms with Crippen LogP contribution in [0, 0.1) is 0 Å². The van der Waals surface area contributed by atoms with Crippen LogP contribution in [0.4, 0.5) is 36.8 Å². The third-order valence-electron chi connectivity index (χ3n) is 5.80. The lowest BCUT2D eigenvalue weighted by molar-refractivity contribution is -0.163. The molecule has 0 aliphatic carbocycles.